The number of benzene rings is 2. The van der Waals surface area contributed by atoms with Gasteiger partial charge in [0.15, 0.2) is 0 Å². The maximum Gasteiger partial charge on any atom is 0.131 e. The number of rotatable bonds is 5. The van der Waals surface area contributed by atoms with Crippen LogP contribution in [-0.2, 0) is 6.54 Å². The molecule has 0 unspecified atom stereocenters. The van der Waals surface area contributed by atoms with Crippen molar-refractivity contribution in [3.63, 3.8) is 0 Å². The first-order valence-corrected chi connectivity index (χ1v) is 6.84. The molecular weight excluding hydrogens is 261 g/mol. The zero-order chi connectivity index (χ0) is 13.7. The van der Waals surface area contributed by atoms with Gasteiger partial charge in [-0.15, -0.1) is 0 Å². The lowest BCUT2D eigenvalue weighted by molar-refractivity contribution is 0.631. The maximum absolute atomic E-state index is 13.7. The summed E-state index contributed by atoms with van der Waals surface area (Å²) in [5.74, 6) is -0.226. The van der Waals surface area contributed by atoms with Gasteiger partial charge >= 0.3 is 0 Å². The Labute approximate surface area is 118 Å². The molecule has 0 heterocycles. The van der Waals surface area contributed by atoms with Crippen LogP contribution >= 0.6 is 11.6 Å². The van der Waals surface area contributed by atoms with Crippen molar-refractivity contribution >= 4 is 11.6 Å². The van der Waals surface area contributed by atoms with E-state index in [1.54, 1.807) is 12.1 Å². The van der Waals surface area contributed by atoms with Gasteiger partial charge in [-0.25, -0.2) is 4.39 Å². The van der Waals surface area contributed by atoms with E-state index in [-0.39, 0.29) is 5.82 Å². The predicted octanol–water partition coefficient (Wildman–Crippen LogP) is 4.65. The zero-order valence-corrected chi connectivity index (χ0v) is 11.7. The van der Waals surface area contributed by atoms with Crippen LogP contribution < -0.4 is 5.32 Å². The third kappa shape index (κ3) is 3.55. The quantitative estimate of drug-likeness (QED) is 0.785. The Bertz CT molecular complexity index is 554. The molecule has 0 aliphatic rings. The van der Waals surface area contributed by atoms with E-state index in [0.29, 0.717) is 10.6 Å². The molecule has 0 spiro atoms. The summed E-state index contributed by atoms with van der Waals surface area (Å²) >= 11 is 6.25. The average Bonchev–Trinajstić information content (AvgIpc) is 2.41. The molecule has 0 aliphatic heterocycles. The van der Waals surface area contributed by atoms with Crippen LogP contribution in [-0.4, -0.2) is 6.54 Å². The molecule has 2 aromatic rings. The number of halogens is 2. The molecule has 0 bridgehead atoms. The molecule has 0 saturated heterocycles. The normalized spacial score (nSPS) is 10.7. The summed E-state index contributed by atoms with van der Waals surface area (Å²) in [7, 11) is 0. The minimum atomic E-state index is -0.226. The molecule has 1 N–H and O–H groups in total. The maximum atomic E-state index is 13.7. The Morgan fingerprint density at radius 3 is 2.63 bits per heavy atom. The fourth-order valence-electron chi connectivity index (χ4n) is 1.95. The zero-order valence-electron chi connectivity index (χ0n) is 10.9. The van der Waals surface area contributed by atoms with Gasteiger partial charge in [-0.1, -0.05) is 48.9 Å². The van der Waals surface area contributed by atoms with E-state index in [1.807, 2.05) is 24.3 Å². The predicted molar refractivity (Wildman–Crippen MR) is 78.8 cm³/mol. The van der Waals surface area contributed by atoms with Crippen LogP contribution in [0.4, 0.5) is 4.39 Å². The molecule has 0 atom stereocenters. The number of hydrogen-bond donors (Lipinski definition) is 1. The molecule has 0 fully saturated rings. The van der Waals surface area contributed by atoms with Crippen molar-refractivity contribution in [2.45, 2.75) is 19.9 Å². The summed E-state index contributed by atoms with van der Waals surface area (Å²) in [6.45, 7) is 3.82. The topological polar surface area (TPSA) is 12.0 Å². The van der Waals surface area contributed by atoms with E-state index in [1.165, 1.54) is 6.07 Å². The van der Waals surface area contributed by atoms with Crippen LogP contribution in [0.5, 0.6) is 0 Å². The summed E-state index contributed by atoms with van der Waals surface area (Å²) < 4.78 is 13.7. The summed E-state index contributed by atoms with van der Waals surface area (Å²) in [6, 6.07) is 12.4. The Kier molecular flexibility index (Phi) is 4.94. The lowest BCUT2D eigenvalue weighted by Crippen LogP contribution is -2.13. The van der Waals surface area contributed by atoms with Gasteiger partial charge < -0.3 is 5.32 Å². The van der Waals surface area contributed by atoms with Crippen LogP contribution in [0.25, 0.3) is 11.1 Å². The van der Waals surface area contributed by atoms with Crippen LogP contribution in [0.2, 0.25) is 5.02 Å². The van der Waals surface area contributed by atoms with Crippen LogP contribution in [0.1, 0.15) is 18.9 Å². The van der Waals surface area contributed by atoms with Crippen molar-refractivity contribution in [2.24, 2.45) is 0 Å². The highest BCUT2D eigenvalue weighted by molar-refractivity contribution is 6.31. The van der Waals surface area contributed by atoms with Crippen molar-refractivity contribution in [1.82, 2.24) is 5.32 Å². The Hall–Kier alpha value is -1.38. The van der Waals surface area contributed by atoms with Gasteiger partial charge in [0.2, 0.25) is 0 Å². The first kappa shape index (κ1) is 14.0. The van der Waals surface area contributed by atoms with Crippen molar-refractivity contribution in [1.29, 1.82) is 0 Å². The smallest absolute Gasteiger partial charge is 0.131 e. The van der Waals surface area contributed by atoms with E-state index in [2.05, 4.69) is 12.2 Å². The Morgan fingerprint density at radius 2 is 1.95 bits per heavy atom. The monoisotopic (exact) mass is 277 g/mol. The Balaban J connectivity index is 2.21. The van der Waals surface area contributed by atoms with E-state index in [4.69, 9.17) is 11.6 Å². The van der Waals surface area contributed by atoms with Crippen molar-refractivity contribution in [3.05, 3.63) is 58.9 Å². The lowest BCUT2D eigenvalue weighted by Gasteiger charge is -2.09. The summed E-state index contributed by atoms with van der Waals surface area (Å²) in [5.41, 5.74) is 2.43. The van der Waals surface area contributed by atoms with Gasteiger partial charge in [0.05, 0.1) is 0 Å². The highest BCUT2D eigenvalue weighted by Gasteiger charge is 2.07. The SMILES string of the molecule is CCCNCc1ccc(-c2ccccc2F)cc1Cl. The average molecular weight is 278 g/mol. The second-order valence-electron chi connectivity index (χ2n) is 4.46. The highest BCUT2D eigenvalue weighted by atomic mass is 35.5. The molecule has 100 valence electrons. The fourth-order valence-corrected chi connectivity index (χ4v) is 2.20. The molecule has 0 radical (unpaired) electrons. The van der Waals surface area contributed by atoms with Gasteiger partial charge in [-0.2, -0.15) is 0 Å². The van der Waals surface area contributed by atoms with E-state index in [9.17, 15) is 4.39 Å². The van der Waals surface area contributed by atoms with E-state index in [0.717, 1.165) is 30.6 Å². The van der Waals surface area contributed by atoms with Crippen LogP contribution in [0, 0.1) is 5.82 Å². The molecule has 0 aliphatic carbocycles. The molecule has 0 saturated carbocycles. The fraction of sp³-hybridized carbons (Fsp3) is 0.250. The van der Waals surface area contributed by atoms with E-state index < -0.39 is 0 Å². The third-order valence-corrected chi connectivity index (χ3v) is 3.33. The third-order valence-electron chi connectivity index (χ3n) is 2.98. The minimum Gasteiger partial charge on any atom is -0.313 e. The van der Waals surface area contributed by atoms with Crippen LogP contribution in [0.15, 0.2) is 42.5 Å². The number of hydrogen-bond acceptors (Lipinski definition) is 1. The van der Waals surface area contributed by atoms with Gasteiger partial charge in [-0.3, -0.25) is 0 Å². The first-order valence-electron chi connectivity index (χ1n) is 6.46. The van der Waals surface area contributed by atoms with Crippen molar-refractivity contribution in [2.75, 3.05) is 6.54 Å². The summed E-state index contributed by atoms with van der Waals surface area (Å²) in [5, 5.41) is 3.97. The van der Waals surface area contributed by atoms with Crippen LogP contribution in [0.3, 0.4) is 0 Å². The van der Waals surface area contributed by atoms with Crippen molar-refractivity contribution < 1.29 is 4.39 Å². The Morgan fingerprint density at radius 1 is 1.16 bits per heavy atom. The lowest BCUT2D eigenvalue weighted by atomic mass is 10.0. The molecule has 0 amide bonds. The summed E-state index contributed by atoms with van der Waals surface area (Å²) in [4.78, 5) is 0. The van der Waals surface area contributed by atoms with Gasteiger partial charge in [0.1, 0.15) is 5.82 Å². The molecule has 3 heteroatoms. The molecule has 2 aromatic carbocycles. The standard InChI is InChI=1S/C16H17ClFN/c1-2-9-19-11-13-8-7-12(10-15(13)17)14-5-3-4-6-16(14)18/h3-8,10,19H,2,9,11H2,1H3. The van der Waals surface area contributed by atoms with Crippen molar-refractivity contribution in [3.8, 4) is 11.1 Å². The second-order valence-corrected chi connectivity index (χ2v) is 4.87. The summed E-state index contributed by atoms with van der Waals surface area (Å²) in [6.07, 6.45) is 1.09. The first-order chi connectivity index (χ1) is 9.22. The molecular formula is C16H17ClFN. The van der Waals surface area contributed by atoms with Gasteiger partial charge in [0.25, 0.3) is 0 Å². The highest BCUT2D eigenvalue weighted by Crippen LogP contribution is 2.27. The second kappa shape index (κ2) is 6.69. The molecule has 19 heavy (non-hydrogen) atoms. The largest absolute Gasteiger partial charge is 0.313 e. The number of nitrogens with one attached hydrogen (secondary N) is 1. The molecule has 0 aromatic heterocycles. The molecule has 2 rings (SSSR count). The van der Waals surface area contributed by atoms with E-state index >= 15 is 0 Å². The van der Waals surface area contributed by atoms with Gasteiger partial charge in [0, 0.05) is 17.1 Å². The minimum absolute atomic E-state index is 0.226. The van der Waals surface area contributed by atoms with Gasteiger partial charge in [-0.05, 0) is 36.2 Å². The molecule has 1 nitrogen and oxygen atoms in total.